The lowest BCUT2D eigenvalue weighted by molar-refractivity contribution is 0.632. The normalized spacial score (nSPS) is 10.1. The Bertz CT molecular complexity index is 516. The molecule has 0 radical (unpaired) electrons. The van der Waals surface area contributed by atoms with Gasteiger partial charge in [-0.1, -0.05) is 17.7 Å². The number of nitrogen functional groups attached to an aromatic ring is 1. The molecular formula is C11H9ClFN3. The molecule has 2 aromatic rings. The molecule has 0 aliphatic heterocycles. The highest BCUT2D eigenvalue weighted by Gasteiger charge is 2.03. The molecule has 0 fully saturated rings. The molecule has 16 heavy (non-hydrogen) atoms. The maximum atomic E-state index is 13.4. The fourth-order valence-electron chi connectivity index (χ4n) is 1.25. The Morgan fingerprint density at radius 1 is 1.25 bits per heavy atom. The lowest BCUT2D eigenvalue weighted by atomic mass is 10.3. The molecule has 0 aliphatic rings. The monoisotopic (exact) mass is 237 g/mol. The van der Waals surface area contributed by atoms with Gasteiger partial charge in [-0.2, -0.15) is 0 Å². The number of rotatable bonds is 2. The third-order valence-corrected chi connectivity index (χ3v) is 2.20. The van der Waals surface area contributed by atoms with Crippen LogP contribution < -0.4 is 11.1 Å². The molecule has 5 heteroatoms. The molecule has 1 aromatic carbocycles. The van der Waals surface area contributed by atoms with Crippen LogP contribution in [0.1, 0.15) is 0 Å². The number of hydrogen-bond acceptors (Lipinski definition) is 3. The fourth-order valence-corrected chi connectivity index (χ4v) is 1.42. The van der Waals surface area contributed by atoms with Gasteiger partial charge >= 0.3 is 0 Å². The van der Waals surface area contributed by atoms with Crippen LogP contribution in [0, 0.1) is 5.82 Å². The molecule has 0 saturated heterocycles. The second kappa shape index (κ2) is 4.37. The van der Waals surface area contributed by atoms with Gasteiger partial charge in [0.1, 0.15) is 17.5 Å². The Hall–Kier alpha value is -1.81. The van der Waals surface area contributed by atoms with Gasteiger partial charge in [0.2, 0.25) is 0 Å². The predicted molar refractivity (Wildman–Crippen MR) is 63.3 cm³/mol. The topological polar surface area (TPSA) is 50.9 Å². The van der Waals surface area contributed by atoms with Gasteiger partial charge in [0.25, 0.3) is 0 Å². The molecular weight excluding hydrogens is 229 g/mol. The Morgan fingerprint density at radius 3 is 2.81 bits per heavy atom. The lowest BCUT2D eigenvalue weighted by Crippen LogP contribution is -1.98. The van der Waals surface area contributed by atoms with Crippen LogP contribution in [0.2, 0.25) is 5.02 Å². The second-order valence-corrected chi connectivity index (χ2v) is 3.63. The minimum atomic E-state index is -0.395. The van der Waals surface area contributed by atoms with E-state index in [4.69, 9.17) is 17.3 Å². The van der Waals surface area contributed by atoms with Gasteiger partial charge in [-0.25, -0.2) is 9.37 Å². The van der Waals surface area contributed by atoms with Gasteiger partial charge in [-0.15, -0.1) is 0 Å². The predicted octanol–water partition coefficient (Wildman–Crippen LogP) is 3.20. The smallest absolute Gasteiger partial charge is 0.146 e. The van der Waals surface area contributed by atoms with Crippen molar-refractivity contribution in [2.24, 2.45) is 0 Å². The van der Waals surface area contributed by atoms with Gasteiger partial charge in [0.05, 0.1) is 5.69 Å². The molecule has 0 amide bonds. The summed E-state index contributed by atoms with van der Waals surface area (Å²) in [5, 5.41) is 3.25. The largest absolute Gasteiger partial charge is 0.384 e. The van der Waals surface area contributed by atoms with E-state index in [0.717, 1.165) is 0 Å². The minimum absolute atomic E-state index is 0.269. The SMILES string of the molecule is Nc1cccc(Nc2cc(Cl)ccc2F)n1. The summed E-state index contributed by atoms with van der Waals surface area (Å²) in [6.45, 7) is 0. The average molecular weight is 238 g/mol. The van der Waals surface area contributed by atoms with Gasteiger partial charge in [0, 0.05) is 5.02 Å². The van der Waals surface area contributed by atoms with Crippen molar-refractivity contribution < 1.29 is 4.39 Å². The van der Waals surface area contributed by atoms with E-state index in [2.05, 4.69) is 10.3 Å². The summed E-state index contributed by atoms with van der Waals surface area (Å²) < 4.78 is 13.4. The molecule has 0 bridgehead atoms. The summed E-state index contributed by atoms with van der Waals surface area (Å²) in [4.78, 5) is 4.00. The highest BCUT2D eigenvalue weighted by molar-refractivity contribution is 6.30. The van der Waals surface area contributed by atoms with Crippen LogP contribution in [0.15, 0.2) is 36.4 Å². The number of nitrogens with two attached hydrogens (primary N) is 1. The molecule has 0 unspecified atom stereocenters. The van der Waals surface area contributed by atoms with E-state index >= 15 is 0 Å². The number of halogens is 2. The standard InChI is InChI=1S/C11H9ClFN3/c12-7-4-5-8(13)9(6-7)15-11-3-1-2-10(14)16-11/h1-6H,(H3,14,15,16). The number of nitrogens with one attached hydrogen (secondary N) is 1. The van der Waals surface area contributed by atoms with E-state index in [1.807, 2.05) is 0 Å². The number of anilines is 3. The molecule has 1 aromatic heterocycles. The molecule has 0 aliphatic carbocycles. The Labute approximate surface area is 97.1 Å². The molecule has 0 saturated carbocycles. The highest BCUT2D eigenvalue weighted by atomic mass is 35.5. The minimum Gasteiger partial charge on any atom is -0.384 e. The van der Waals surface area contributed by atoms with Crippen molar-refractivity contribution in [3.05, 3.63) is 47.2 Å². The molecule has 2 rings (SSSR count). The first-order valence-corrected chi connectivity index (χ1v) is 4.97. The Morgan fingerprint density at radius 2 is 2.06 bits per heavy atom. The van der Waals surface area contributed by atoms with Crippen LogP contribution in [0.4, 0.5) is 21.7 Å². The maximum absolute atomic E-state index is 13.4. The average Bonchev–Trinajstić information content (AvgIpc) is 2.24. The van der Waals surface area contributed by atoms with Crippen molar-refractivity contribution in [1.82, 2.24) is 4.98 Å². The number of pyridine rings is 1. The quantitative estimate of drug-likeness (QED) is 0.843. The van der Waals surface area contributed by atoms with Crippen molar-refractivity contribution in [2.75, 3.05) is 11.1 Å². The zero-order valence-corrected chi connectivity index (χ0v) is 9.00. The molecule has 0 spiro atoms. The van der Waals surface area contributed by atoms with Gasteiger partial charge in [-0.3, -0.25) is 0 Å². The molecule has 3 N–H and O–H groups in total. The van der Waals surface area contributed by atoms with E-state index in [9.17, 15) is 4.39 Å². The van der Waals surface area contributed by atoms with Crippen LogP contribution in [-0.2, 0) is 0 Å². The number of benzene rings is 1. The van der Waals surface area contributed by atoms with Gasteiger partial charge in [0.15, 0.2) is 0 Å². The first-order valence-electron chi connectivity index (χ1n) is 4.60. The van der Waals surface area contributed by atoms with Crippen molar-refractivity contribution in [3.8, 4) is 0 Å². The Balaban J connectivity index is 2.30. The van der Waals surface area contributed by atoms with E-state index in [-0.39, 0.29) is 5.69 Å². The van der Waals surface area contributed by atoms with Crippen LogP contribution in [0.25, 0.3) is 0 Å². The van der Waals surface area contributed by atoms with Crippen molar-refractivity contribution >= 4 is 28.9 Å². The summed E-state index contributed by atoms with van der Waals surface area (Å²) in [7, 11) is 0. The van der Waals surface area contributed by atoms with E-state index in [1.165, 1.54) is 18.2 Å². The van der Waals surface area contributed by atoms with Crippen molar-refractivity contribution in [1.29, 1.82) is 0 Å². The highest BCUT2D eigenvalue weighted by Crippen LogP contribution is 2.22. The molecule has 3 nitrogen and oxygen atoms in total. The number of aromatic nitrogens is 1. The van der Waals surface area contributed by atoms with Crippen LogP contribution in [0.3, 0.4) is 0 Å². The molecule has 0 atom stereocenters. The van der Waals surface area contributed by atoms with Crippen LogP contribution in [-0.4, -0.2) is 4.98 Å². The summed E-state index contributed by atoms with van der Waals surface area (Å²) in [5.41, 5.74) is 5.78. The van der Waals surface area contributed by atoms with Crippen molar-refractivity contribution in [2.45, 2.75) is 0 Å². The first kappa shape index (κ1) is 10.7. The van der Waals surface area contributed by atoms with Crippen LogP contribution in [0.5, 0.6) is 0 Å². The Kier molecular flexibility index (Phi) is 2.92. The first-order chi connectivity index (χ1) is 7.65. The van der Waals surface area contributed by atoms with Gasteiger partial charge < -0.3 is 11.1 Å². The van der Waals surface area contributed by atoms with E-state index < -0.39 is 5.82 Å². The lowest BCUT2D eigenvalue weighted by Gasteiger charge is -2.07. The van der Waals surface area contributed by atoms with E-state index in [0.29, 0.717) is 16.7 Å². The zero-order chi connectivity index (χ0) is 11.5. The third-order valence-electron chi connectivity index (χ3n) is 1.96. The molecule has 82 valence electrons. The second-order valence-electron chi connectivity index (χ2n) is 3.20. The maximum Gasteiger partial charge on any atom is 0.146 e. The molecule has 1 heterocycles. The van der Waals surface area contributed by atoms with E-state index in [1.54, 1.807) is 18.2 Å². The summed E-state index contributed by atoms with van der Waals surface area (Å²) in [6.07, 6.45) is 0. The number of nitrogens with zero attached hydrogens (tertiary/aromatic N) is 1. The van der Waals surface area contributed by atoms with Crippen molar-refractivity contribution in [3.63, 3.8) is 0 Å². The zero-order valence-electron chi connectivity index (χ0n) is 8.24. The number of hydrogen-bond donors (Lipinski definition) is 2. The summed E-state index contributed by atoms with van der Waals surface area (Å²) in [5.74, 6) is 0.447. The van der Waals surface area contributed by atoms with Gasteiger partial charge in [-0.05, 0) is 30.3 Å². The summed E-state index contributed by atoms with van der Waals surface area (Å²) in [6, 6.07) is 9.33. The van der Waals surface area contributed by atoms with Crippen LogP contribution >= 0.6 is 11.6 Å². The fraction of sp³-hybridized carbons (Fsp3) is 0. The third kappa shape index (κ3) is 2.41. The summed E-state index contributed by atoms with van der Waals surface area (Å²) >= 11 is 5.76.